The number of aromatic hydroxyl groups is 1. The Morgan fingerprint density at radius 3 is 2.37 bits per heavy atom. The predicted molar refractivity (Wildman–Crippen MR) is 106 cm³/mol. The molecule has 2 aromatic rings. The lowest BCUT2D eigenvalue weighted by Gasteiger charge is -2.36. The van der Waals surface area contributed by atoms with Gasteiger partial charge in [-0.1, -0.05) is 36.4 Å². The van der Waals surface area contributed by atoms with Crippen LogP contribution in [0.25, 0.3) is 0 Å². The highest BCUT2D eigenvalue weighted by molar-refractivity contribution is 5.74. The van der Waals surface area contributed by atoms with Gasteiger partial charge in [0.15, 0.2) is 0 Å². The molecule has 144 valence electrons. The number of para-hydroxylation sites is 2. The van der Waals surface area contributed by atoms with Crippen LogP contribution in [0.3, 0.4) is 0 Å². The first-order valence-electron chi connectivity index (χ1n) is 9.38. The van der Waals surface area contributed by atoms with Crippen LogP contribution < -0.4 is 10.2 Å². The minimum absolute atomic E-state index is 0.0506. The van der Waals surface area contributed by atoms with Gasteiger partial charge >= 0.3 is 6.03 Å². The Balaban J connectivity index is 1.45. The molecule has 0 radical (unpaired) electrons. The van der Waals surface area contributed by atoms with Crippen molar-refractivity contribution in [2.75, 3.05) is 37.7 Å². The Bertz CT molecular complexity index is 741. The van der Waals surface area contributed by atoms with Gasteiger partial charge in [0.1, 0.15) is 5.75 Å². The van der Waals surface area contributed by atoms with Crippen LogP contribution in [0.15, 0.2) is 48.5 Å². The number of benzene rings is 2. The van der Waals surface area contributed by atoms with Crippen molar-refractivity contribution >= 4 is 11.7 Å². The minimum Gasteiger partial charge on any atom is -0.506 e. The SMILES string of the molecule is CCOCc1ccc(CNC(=O)N2CCN(c3ccccc3O)CC2)cc1. The van der Waals surface area contributed by atoms with E-state index in [-0.39, 0.29) is 11.8 Å². The van der Waals surface area contributed by atoms with E-state index in [4.69, 9.17) is 4.74 Å². The van der Waals surface area contributed by atoms with Gasteiger partial charge in [-0.15, -0.1) is 0 Å². The Hall–Kier alpha value is -2.73. The summed E-state index contributed by atoms with van der Waals surface area (Å²) < 4.78 is 5.39. The first-order valence-corrected chi connectivity index (χ1v) is 9.38. The molecule has 1 heterocycles. The number of phenols is 1. The first-order chi connectivity index (χ1) is 13.2. The molecule has 2 amide bonds. The molecule has 0 saturated carbocycles. The molecule has 0 spiro atoms. The van der Waals surface area contributed by atoms with Crippen molar-refractivity contribution < 1.29 is 14.6 Å². The van der Waals surface area contributed by atoms with Crippen molar-refractivity contribution in [1.82, 2.24) is 10.2 Å². The molecule has 0 atom stereocenters. The second kappa shape index (κ2) is 9.28. The summed E-state index contributed by atoms with van der Waals surface area (Å²) in [5.41, 5.74) is 3.02. The molecule has 1 fully saturated rings. The van der Waals surface area contributed by atoms with Crippen molar-refractivity contribution in [1.29, 1.82) is 0 Å². The summed E-state index contributed by atoms with van der Waals surface area (Å²) in [6.45, 7) is 6.48. The van der Waals surface area contributed by atoms with E-state index in [9.17, 15) is 9.90 Å². The molecule has 6 heteroatoms. The zero-order chi connectivity index (χ0) is 19.1. The van der Waals surface area contributed by atoms with Gasteiger partial charge in [0.05, 0.1) is 12.3 Å². The summed E-state index contributed by atoms with van der Waals surface area (Å²) in [6.07, 6.45) is 0. The normalized spacial score (nSPS) is 14.3. The Morgan fingerprint density at radius 1 is 1.04 bits per heavy atom. The van der Waals surface area contributed by atoms with Crippen LogP contribution in [0, 0.1) is 0 Å². The maximum atomic E-state index is 12.4. The zero-order valence-corrected chi connectivity index (χ0v) is 15.7. The quantitative estimate of drug-likeness (QED) is 0.822. The second-order valence-corrected chi connectivity index (χ2v) is 6.58. The highest BCUT2D eigenvalue weighted by Gasteiger charge is 2.22. The van der Waals surface area contributed by atoms with Crippen molar-refractivity contribution in [3.05, 3.63) is 59.7 Å². The number of piperazine rings is 1. The second-order valence-electron chi connectivity index (χ2n) is 6.58. The molecule has 0 bridgehead atoms. The van der Waals surface area contributed by atoms with Crippen LogP contribution in [0.5, 0.6) is 5.75 Å². The molecule has 0 aliphatic carbocycles. The summed E-state index contributed by atoms with van der Waals surface area (Å²) in [6, 6.07) is 15.4. The Kier molecular flexibility index (Phi) is 6.54. The third-order valence-electron chi connectivity index (χ3n) is 4.73. The molecule has 1 aliphatic heterocycles. The van der Waals surface area contributed by atoms with Crippen molar-refractivity contribution in [3.63, 3.8) is 0 Å². The standard InChI is InChI=1S/C21H27N3O3/c1-2-27-16-18-9-7-17(8-10-18)15-22-21(26)24-13-11-23(12-14-24)19-5-3-4-6-20(19)25/h3-10,25H,2,11-16H2,1H3,(H,22,26). The topological polar surface area (TPSA) is 65.0 Å². The number of nitrogens with zero attached hydrogens (tertiary/aromatic N) is 2. The Morgan fingerprint density at radius 2 is 1.70 bits per heavy atom. The average Bonchev–Trinajstić information content (AvgIpc) is 2.72. The number of carbonyl (C=O) groups excluding carboxylic acids is 1. The van der Waals surface area contributed by atoms with E-state index in [0.29, 0.717) is 45.9 Å². The molecule has 2 aromatic carbocycles. The number of nitrogens with one attached hydrogen (secondary N) is 1. The molecule has 6 nitrogen and oxygen atoms in total. The van der Waals surface area contributed by atoms with E-state index < -0.39 is 0 Å². The van der Waals surface area contributed by atoms with Crippen LogP contribution in [0.1, 0.15) is 18.1 Å². The highest BCUT2D eigenvalue weighted by atomic mass is 16.5. The molecule has 1 saturated heterocycles. The van der Waals surface area contributed by atoms with Gasteiger partial charge in [-0.2, -0.15) is 0 Å². The van der Waals surface area contributed by atoms with Gasteiger partial charge in [-0.3, -0.25) is 0 Å². The monoisotopic (exact) mass is 369 g/mol. The molecule has 0 aromatic heterocycles. The summed E-state index contributed by atoms with van der Waals surface area (Å²) in [5, 5.41) is 13.0. The molecule has 3 rings (SSSR count). The van der Waals surface area contributed by atoms with Gasteiger partial charge in [-0.05, 0) is 30.2 Å². The number of urea groups is 1. The first kappa shape index (κ1) is 19.0. The number of hydrogen-bond acceptors (Lipinski definition) is 4. The number of amides is 2. The van der Waals surface area contributed by atoms with Crippen LogP contribution in [-0.4, -0.2) is 48.8 Å². The van der Waals surface area contributed by atoms with Gasteiger partial charge < -0.3 is 25.0 Å². The summed E-state index contributed by atoms with van der Waals surface area (Å²) in [5.74, 6) is 0.281. The third-order valence-corrected chi connectivity index (χ3v) is 4.73. The number of ether oxygens (including phenoxy) is 1. The number of phenolic OH excluding ortho intramolecular Hbond substituents is 1. The molecule has 0 unspecified atom stereocenters. The van der Waals surface area contributed by atoms with Gasteiger partial charge in [0.2, 0.25) is 0 Å². The predicted octanol–water partition coefficient (Wildman–Crippen LogP) is 2.96. The van der Waals surface area contributed by atoms with Crippen LogP contribution >= 0.6 is 0 Å². The average molecular weight is 369 g/mol. The van der Waals surface area contributed by atoms with Crippen molar-refractivity contribution in [2.24, 2.45) is 0 Å². The largest absolute Gasteiger partial charge is 0.506 e. The van der Waals surface area contributed by atoms with E-state index in [0.717, 1.165) is 16.8 Å². The summed E-state index contributed by atoms with van der Waals surface area (Å²) >= 11 is 0. The number of hydrogen-bond donors (Lipinski definition) is 2. The fraction of sp³-hybridized carbons (Fsp3) is 0.381. The number of rotatable bonds is 6. The van der Waals surface area contributed by atoms with E-state index in [1.807, 2.05) is 54.3 Å². The molecule has 2 N–H and O–H groups in total. The van der Waals surface area contributed by atoms with Crippen LogP contribution in [-0.2, 0) is 17.9 Å². The maximum absolute atomic E-state index is 12.4. The van der Waals surface area contributed by atoms with E-state index >= 15 is 0 Å². The molecule has 27 heavy (non-hydrogen) atoms. The zero-order valence-electron chi connectivity index (χ0n) is 15.7. The molecule has 1 aliphatic rings. The highest BCUT2D eigenvalue weighted by Crippen LogP contribution is 2.27. The third kappa shape index (κ3) is 5.14. The van der Waals surface area contributed by atoms with E-state index in [2.05, 4.69) is 10.2 Å². The maximum Gasteiger partial charge on any atom is 0.317 e. The van der Waals surface area contributed by atoms with E-state index in [1.54, 1.807) is 6.07 Å². The number of anilines is 1. The summed E-state index contributed by atoms with van der Waals surface area (Å²) in [7, 11) is 0. The fourth-order valence-electron chi connectivity index (χ4n) is 3.14. The lowest BCUT2D eigenvalue weighted by molar-refractivity contribution is 0.134. The van der Waals surface area contributed by atoms with Crippen LogP contribution in [0.2, 0.25) is 0 Å². The molecular weight excluding hydrogens is 342 g/mol. The molecular formula is C21H27N3O3. The van der Waals surface area contributed by atoms with Gasteiger partial charge in [0, 0.05) is 39.3 Å². The fourth-order valence-corrected chi connectivity index (χ4v) is 3.14. The minimum atomic E-state index is -0.0506. The lowest BCUT2D eigenvalue weighted by Crippen LogP contribution is -2.51. The van der Waals surface area contributed by atoms with Crippen molar-refractivity contribution in [3.8, 4) is 5.75 Å². The van der Waals surface area contributed by atoms with Crippen LogP contribution in [0.4, 0.5) is 10.5 Å². The summed E-state index contributed by atoms with van der Waals surface area (Å²) in [4.78, 5) is 16.3. The van der Waals surface area contributed by atoms with Gasteiger partial charge in [-0.25, -0.2) is 4.79 Å². The van der Waals surface area contributed by atoms with Crippen molar-refractivity contribution in [2.45, 2.75) is 20.1 Å². The number of carbonyl (C=O) groups is 1. The van der Waals surface area contributed by atoms with Gasteiger partial charge in [0.25, 0.3) is 0 Å². The van der Waals surface area contributed by atoms with E-state index in [1.165, 1.54) is 0 Å². The Labute approximate surface area is 160 Å². The smallest absolute Gasteiger partial charge is 0.317 e. The lowest BCUT2D eigenvalue weighted by atomic mass is 10.1.